The number of benzene rings is 1. The van der Waals surface area contributed by atoms with E-state index in [9.17, 15) is 15.0 Å². The van der Waals surface area contributed by atoms with Crippen molar-refractivity contribution in [1.29, 1.82) is 0 Å². The molecule has 0 aliphatic heterocycles. The van der Waals surface area contributed by atoms with E-state index in [-0.39, 0.29) is 5.56 Å². The molecular weight excluding hydrogens is 340 g/mol. The predicted molar refractivity (Wildman–Crippen MR) is 111 cm³/mol. The summed E-state index contributed by atoms with van der Waals surface area (Å²) in [6.45, 7) is 9.91. The average molecular weight is 373 g/mol. The molecule has 148 valence electrons. The van der Waals surface area contributed by atoms with E-state index in [2.05, 4.69) is 6.08 Å². The zero-order valence-corrected chi connectivity index (χ0v) is 17.3. The van der Waals surface area contributed by atoms with Gasteiger partial charge in [-0.1, -0.05) is 29.4 Å². The monoisotopic (exact) mass is 372 g/mol. The van der Waals surface area contributed by atoms with Crippen molar-refractivity contribution in [2.75, 3.05) is 7.11 Å². The van der Waals surface area contributed by atoms with Gasteiger partial charge in [-0.2, -0.15) is 0 Å². The largest absolute Gasteiger partial charge is 0.496 e. The molecule has 4 heteroatoms. The Bertz CT molecular complexity index is 746. The van der Waals surface area contributed by atoms with Crippen LogP contribution < -0.4 is 4.74 Å². The molecule has 1 unspecified atom stereocenters. The van der Waals surface area contributed by atoms with Crippen molar-refractivity contribution in [2.24, 2.45) is 0 Å². The molecule has 0 aliphatic carbocycles. The fourth-order valence-electron chi connectivity index (χ4n) is 2.70. The van der Waals surface area contributed by atoms with Crippen LogP contribution in [0.2, 0.25) is 0 Å². The molecule has 1 rings (SSSR count). The minimum atomic E-state index is -0.957. The van der Waals surface area contributed by atoms with Gasteiger partial charge >= 0.3 is 5.97 Å². The third kappa shape index (κ3) is 7.43. The third-order valence-corrected chi connectivity index (χ3v) is 4.34. The Hall–Kier alpha value is -2.33. The van der Waals surface area contributed by atoms with Crippen LogP contribution in [0.3, 0.4) is 0 Å². The Balaban J connectivity index is 3.20. The van der Waals surface area contributed by atoms with Gasteiger partial charge in [0.05, 0.1) is 18.8 Å². The molecule has 0 fully saturated rings. The van der Waals surface area contributed by atoms with Crippen LogP contribution in [0.1, 0.15) is 62.5 Å². The first-order valence-corrected chi connectivity index (χ1v) is 9.20. The lowest BCUT2D eigenvalue weighted by Gasteiger charge is -2.15. The number of aromatic carboxylic acids is 1. The van der Waals surface area contributed by atoms with E-state index in [1.807, 2.05) is 46.8 Å². The van der Waals surface area contributed by atoms with Crippen molar-refractivity contribution >= 4 is 5.97 Å². The van der Waals surface area contributed by atoms with E-state index < -0.39 is 12.1 Å². The van der Waals surface area contributed by atoms with Gasteiger partial charge < -0.3 is 14.9 Å². The maximum absolute atomic E-state index is 11.5. The third-order valence-electron chi connectivity index (χ3n) is 4.34. The van der Waals surface area contributed by atoms with Crippen LogP contribution in [0, 0.1) is 0 Å². The van der Waals surface area contributed by atoms with Crippen LogP contribution in [-0.2, 0) is 12.8 Å². The molecule has 1 atom stereocenters. The minimum Gasteiger partial charge on any atom is -0.496 e. The molecule has 4 nitrogen and oxygen atoms in total. The molecule has 0 saturated carbocycles. The summed E-state index contributed by atoms with van der Waals surface area (Å²) in [5.74, 6) is -0.248. The van der Waals surface area contributed by atoms with Gasteiger partial charge in [0.1, 0.15) is 5.75 Å². The van der Waals surface area contributed by atoms with Crippen molar-refractivity contribution in [2.45, 2.75) is 60.0 Å². The normalized spacial score (nSPS) is 12.3. The molecule has 0 bridgehead atoms. The van der Waals surface area contributed by atoms with Crippen LogP contribution in [0.5, 0.6) is 5.75 Å². The van der Waals surface area contributed by atoms with Crippen LogP contribution >= 0.6 is 0 Å². The van der Waals surface area contributed by atoms with Crippen LogP contribution in [0.15, 0.2) is 47.1 Å². The number of allylic oxidation sites excluding steroid dienone is 4. The Labute approximate surface area is 162 Å². The van der Waals surface area contributed by atoms with E-state index in [4.69, 9.17) is 4.74 Å². The smallest absolute Gasteiger partial charge is 0.335 e. The molecule has 0 spiro atoms. The molecule has 0 radical (unpaired) electrons. The number of aliphatic hydroxyl groups is 1. The molecule has 0 amide bonds. The standard InChI is InChI=1S/C23H32O4/c1-15(2)7-10-18-13-20(23(25)26)14-19(22(18)27-6)11-9-17(5)21(24)12-8-16(3)4/h7-9,13-14,21,24H,10-12H2,1-6H3,(H,25,26)/b17-9+. The topological polar surface area (TPSA) is 66.8 Å². The van der Waals surface area contributed by atoms with Crippen molar-refractivity contribution in [1.82, 2.24) is 0 Å². The highest BCUT2D eigenvalue weighted by atomic mass is 16.5. The number of rotatable bonds is 9. The number of aliphatic hydroxyl groups excluding tert-OH is 1. The minimum absolute atomic E-state index is 0.249. The molecule has 0 aliphatic rings. The van der Waals surface area contributed by atoms with E-state index in [0.29, 0.717) is 25.0 Å². The fraction of sp³-hybridized carbons (Fsp3) is 0.435. The van der Waals surface area contributed by atoms with Crippen LogP contribution in [0.4, 0.5) is 0 Å². The summed E-state index contributed by atoms with van der Waals surface area (Å²) in [5.41, 5.74) is 5.10. The number of methoxy groups -OCH3 is 1. The number of carbonyl (C=O) groups is 1. The average Bonchev–Trinajstić information content (AvgIpc) is 2.61. The van der Waals surface area contributed by atoms with E-state index in [1.165, 1.54) is 5.57 Å². The predicted octanol–water partition coefficient (Wildman–Crippen LogP) is 5.11. The second-order valence-corrected chi connectivity index (χ2v) is 7.30. The lowest BCUT2D eigenvalue weighted by Crippen LogP contribution is -2.08. The first kappa shape index (κ1) is 22.7. The summed E-state index contributed by atoms with van der Waals surface area (Å²) in [6, 6.07) is 3.32. The van der Waals surface area contributed by atoms with Gasteiger partial charge in [0.2, 0.25) is 0 Å². The number of carboxylic acids is 1. The summed E-state index contributed by atoms with van der Waals surface area (Å²) in [6.07, 6.45) is 7.15. The maximum atomic E-state index is 11.5. The molecule has 0 heterocycles. The molecule has 1 aromatic carbocycles. The summed E-state index contributed by atoms with van der Waals surface area (Å²) in [5, 5.41) is 19.7. The van der Waals surface area contributed by atoms with Gasteiger partial charge in [-0.3, -0.25) is 0 Å². The van der Waals surface area contributed by atoms with Gasteiger partial charge in [-0.05, 0) is 82.7 Å². The summed E-state index contributed by atoms with van der Waals surface area (Å²) < 4.78 is 5.59. The number of ether oxygens (including phenoxy) is 1. The van der Waals surface area contributed by atoms with Crippen LogP contribution in [-0.4, -0.2) is 29.4 Å². The summed E-state index contributed by atoms with van der Waals surface area (Å²) in [7, 11) is 1.60. The lowest BCUT2D eigenvalue weighted by molar-refractivity contribution is 0.0696. The Kier molecular flexibility index (Phi) is 9.03. The maximum Gasteiger partial charge on any atom is 0.335 e. The summed E-state index contributed by atoms with van der Waals surface area (Å²) in [4.78, 5) is 11.5. The van der Waals surface area contributed by atoms with E-state index in [1.54, 1.807) is 19.2 Å². The molecule has 2 N–H and O–H groups in total. The van der Waals surface area contributed by atoms with Crippen molar-refractivity contribution in [3.05, 3.63) is 63.8 Å². The van der Waals surface area contributed by atoms with Gasteiger partial charge in [-0.25, -0.2) is 4.79 Å². The van der Waals surface area contributed by atoms with Gasteiger partial charge in [0, 0.05) is 0 Å². The Morgan fingerprint density at radius 3 is 1.96 bits per heavy atom. The molecule has 0 saturated heterocycles. The molecule has 27 heavy (non-hydrogen) atoms. The van der Waals surface area contributed by atoms with Gasteiger partial charge in [-0.15, -0.1) is 0 Å². The zero-order chi connectivity index (χ0) is 20.6. The van der Waals surface area contributed by atoms with Crippen molar-refractivity contribution in [3.63, 3.8) is 0 Å². The number of carboxylic acid groups (broad SMARTS) is 1. The van der Waals surface area contributed by atoms with E-state index in [0.717, 1.165) is 22.3 Å². The Morgan fingerprint density at radius 2 is 1.52 bits per heavy atom. The molecule has 0 aromatic heterocycles. The van der Waals surface area contributed by atoms with Crippen molar-refractivity contribution in [3.8, 4) is 5.75 Å². The van der Waals surface area contributed by atoms with Gasteiger partial charge in [0.25, 0.3) is 0 Å². The van der Waals surface area contributed by atoms with Gasteiger partial charge in [0.15, 0.2) is 0 Å². The molecular formula is C23H32O4. The summed E-state index contributed by atoms with van der Waals surface area (Å²) >= 11 is 0. The quantitative estimate of drug-likeness (QED) is 0.591. The highest BCUT2D eigenvalue weighted by Gasteiger charge is 2.14. The second-order valence-electron chi connectivity index (χ2n) is 7.30. The lowest BCUT2D eigenvalue weighted by atomic mass is 9.97. The van der Waals surface area contributed by atoms with E-state index >= 15 is 0 Å². The number of hydrogen-bond donors (Lipinski definition) is 2. The fourth-order valence-corrected chi connectivity index (χ4v) is 2.70. The zero-order valence-electron chi connectivity index (χ0n) is 17.3. The van der Waals surface area contributed by atoms with Crippen molar-refractivity contribution < 1.29 is 19.7 Å². The Morgan fingerprint density at radius 1 is 1.00 bits per heavy atom. The second kappa shape index (κ2) is 10.7. The highest BCUT2D eigenvalue weighted by molar-refractivity contribution is 5.88. The highest BCUT2D eigenvalue weighted by Crippen LogP contribution is 2.28. The first-order chi connectivity index (χ1) is 12.6. The van der Waals surface area contributed by atoms with Crippen LogP contribution in [0.25, 0.3) is 0 Å². The molecule has 1 aromatic rings. The number of hydrogen-bond acceptors (Lipinski definition) is 3. The first-order valence-electron chi connectivity index (χ1n) is 9.20. The SMILES string of the molecule is COc1c(CC=C(C)C)cc(C(=O)O)cc1C/C=C(\C)C(O)CC=C(C)C.